The van der Waals surface area contributed by atoms with Crippen molar-refractivity contribution in [2.24, 2.45) is 75.5 Å². The highest BCUT2D eigenvalue weighted by Gasteiger charge is 2.61. The smallest absolute Gasteiger partial charge is 0.259 e. The van der Waals surface area contributed by atoms with Gasteiger partial charge in [-0.3, -0.25) is 57.1 Å². The van der Waals surface area contributed by atoms with Crippen LogP contribution in [-0.2, 0) is 47.4 Å². The van der Waals surface area contributed by atoms with Crippen LogP contribution in [0.3, 0.4) is 0 Å². The number of nitrogens with one attached hydrogen (secondary N) is 8. The van der Waals surface area contributed by atoms with Crippen LogP contribution in [0.5, 0.6) is 23.0 Å². The zero-order chi connectivity index (χ0) is 93.1. The van der Waals surface area contributed by atoms with Crippen molar-refractivity contribution in [2.75, 3.05) is 71.0 Å². The average molecular weight is 1790 g/mol. The number of aryl methyl sites for hydroxylation is 4. The van der Waals surface area contributed by atoms with E-state index in [-0.39, 0.29) is 123 Å². The Bertz CT molecular complexity index is 6480. The third-order valence-corrected chi connectivity index (χ3v) is 22.4. The Hall–Kier alpha value is -15.2. The second kappa shape index (κ2) is 38.0. The molecule has 39 heteroatoms. The number of ether oxygens (including phenoxy) is 4. The molecule has 8 heterocycles. The van der Waals surface area contributed by atoms with Crippen LogP contribution < -0.4 is 61.5 Å². The van der Waals surface area contributed by atoms with Crippen molar-refractivity contribution >= 4 is 116 Å². The van der Waals surface area contributed by atoms with Crippen molar-refractivity contribution in [2.45, 2.75) is 103 Å². The van der Waals surface area contributed by atoms with Gasteiger partial charge < -0.3 is 61.5 Å². The van der Waals surface area contributed by atoms with Crippen LogP contribution in [0.4, 0.5) is 81.9 Å². The van der Waals surface area contributed by atoms with Gasteiger partial charge >= 0.3 is 0 Å². The number of hydrogen-bond acceptors (Lipinski definition) is 28. The van der Waals surface area contributed by atoms with Gasteiger partial charge in [-0.15, -0.1) is 0 Å². The molecule has 7 saturated carbocycles. The summed E-state index contributed by atoms with van der Waals surface area (Å²) in [6, 6.07) is 28.1. The average Bonchev–Trinajstić information content (AvgIpc) is 1.40. The van der Waals surface area contributed by atoms with Crippen LogP contribution in [0, 0.1) is 47.3 Å². The first-order valence-corrected chi connectivity index (χ1v) is 42.7. The zero-order valence-electron chi connectivity index (χ0n) is 74.1. The first kappa shape index (κ1) is 87.8. The maximum atomic E-state index is 13.6. The molecule has 3 atom stereocenters. The summed E-state index contributed by atoms with van der Waals surface area (Å²) < 4.78 is 78.3. The molecule has 36 nitrogen and oxygen atoms in total. The molecule has 19 rings (SSSR count). The number of anilines is 12. The van der Waals surface area contributed by atoms with Crippen LogP contribution in [0.1, 0.15) is 134 Å². The summed E-state index contributed by atoms with van der Waals surface area (Å²) in [6.45, 7) is 3.67. The maximum absolute atomic E-state index is 13.6. The molecular weight excluding hydrogens is 1690 g/mol. The largest absolute Gasteiger partial charge is 0.494 e. The minimum Gasteiger partial charge on any atom is -0.494 e. The van der Waals surface area contributed by atoms with Crippen LogP contribution in [0.25, 0.3) is 45.6 Å². The third kappa shape index (κ3) is 21.1. The molecular formula is C92H95F3N24O12. The molecule has 0 radical (unpaired) electrons. The van der Waals surface area contributed by atoms with E-state index in [1.807, 2.05) is 62.4 Å². The van der Waals surface area contributed by atoms with Gasteiger partial charge in [-0.1, -0.05) is 38.1 Å². The lowest BCUT2D eigenvalue weighted by Crippen LogP contribution is -2.16. The minimum absolute atomic E-state index is 0.00549. The first-order chi connectivity index (χ1) is 63.5. The number of amides is 4. The van der Waals surface area contributed by atoms with Crippen molar-refractivity contribution in [1.82, 2.24) is 79.0 Å². The van der Waals surface area contributed by atoms with Crippen molar-refractivity contribution in [3.63, 3.8) is 0 Å². The Morgan fingerprint density at radius 2 is 0.679 bits per heavy atom. The Labute approximate surface area is 750 Å². The van der Waals surface area contributed by atoms with Crippen LogP contribution in [0.15, 0.2) is 147 Å². The number of Topliss-reactive ketones (excluding diaryl/α,β-unsaturated/α-hetero) is 4. The standard InChI is InChI=1S/C23H22F2N6O3.C23H23FN6O3.C23H24N6O3.C23H26N6O3/c1-31-11-27-21(30-31)13-4-3-5-16(20(13)34-2)28-17-8-18(29-22(33)12-6-7-12)26-10-14(17)19(32)15-9-23(15,24)25;1-30-11-26-22(29-30)13-4-3-5-17(21(13)33-2)27-18-9-19(28-23(32)12-6-7-12)25-10-15(18)20(31)14-8-16(14)24;1-29-12-25-22(28-29)15-4-3-5-17(21(15)32-2)26-18-10-19(27-23(31)14-8-9-14)24-11-16(18)20(30)13-6-7-13;1-13(2)20(30)16-11-24-19(27-23(31)14-8-9-14)10-18(16)26-17-7-5-6-15(21(17)32-4)22-25-12-29(3)28-22/h3-5,8,10-12,15H,6-7,9H2,1-2H3,(H2,26,28,29,33);3-5,9-12,14,16H,6-8H2,1-2H3,(H2,25,27,28,32);3-5,10-14H,6-9H2,1-2H3,(H2,24,26,27,31);5-7,10-14H,8-9H2,1-4H3,(H2,24,26,27,31)/i;;11D;. The van der Waals surface area contributed by atoms with Gasteiger partial charge in [0.15, 0.2) is 69.4 Å². The van der Waals surface area contributed by atoms with Gasteiger partial charge in [-0.25, -0.2) is 53.0 Å². The summed E-state index contributed by atoms with van der Waals surface area (Å²) >= 11 is 0. The van der Waals surface area contributed by atoms with Crippen LogP contribution in [-0.4, -0.2) is 166 Å². The molecule has 7 aliphatic carbocycles. The second-order valence-electron chi connectivity index (χ2n) is 33.2. The number of ketones is 4. The molecule has 7 aliphatic rings. The first-order valence-electron chi connectivity index (χ1n) is 43.2. The number of methoxy groups -OCH3 is 4. The molecule has 4 amide bonds. The van der Waals surface area contributed by atoms with Gasteiger partial charge in [-0.2, -0.15) is 20.4 Å². The second-order valence-corrected chi connectivity index (χ2v) is 33.2. The quantitative estimate of drug-likeness (QED) is 0.0182. The number of halogens is 3. The fourth-order valence-corrected chi connectivity index (χ4v) is 14.3. The SMILES string of the molecule is COc1c(Nc2cc(NC(=O)C3CC3)ncc2C(=O)C(C)C)cccc1-c1ncn(C)n1.COc1c(Nc2cc(NC(=O)C3CC3)ncc2C(=O)C2CC2(F)F)cccc1-c1ncn(C)n1.COc1c(Nc2cc(NC(=O)C3CC3)ncc2C(=O)C2CC2F)cccc1-c1ncn(C)n1.[2H]c1nc(NC(=O)C2CC2)cc(Nc2cccc(-c3ncn(C)n3)c2OC)c1C(=O)C1CC1. The summed E-state index contributed by atoms with van der Waals surface area (Å²) in [6.07, 6.45) is 17.4. The summed E-state index contributed by atoms with van der Waals surface area (Å²) in [5.41, 5.74) is 7.42. The Kier molecular flexibility index (Phi) is 25.5. The lowest BCUT2D eigenvalue weighted by atomic mass is 10.0. The molecule has 0 aliphatic heterocycles. The van der Waals surface area contributed by atoms with E-state index >= 15 is 0 Å². The predicted octanol–water partition coefficient (Wildman–Crippen LogP) is 14.7. The van der Waals surface area contributed by atoms with Gasteiger partial charge in [-0.05, 0) is 119 Å². The Morgan fingerprint density at radius 1 is 0.397 bits per heavy atom. The minimum atomic E-state index is -3.02. The van der Waals surface area contributed by atoms with Crippen molar-refractivity contribution < 1.29 is 71.8 Å². The molecule has 131 heavy (non-hydrogen) atoms. The van der Waals surface area contributed by atoms with Gasteiger partial charge in [0.25, 0.3) is 5.92 Å². The van der Waals surface area contributed by atoms with Crippen LogP contribution >= 0.6 is 0 Å². The number of carbonyl (C=O) groups excluding carboxylic acids is 8. The highest BCUT2D eigenvalue weighted by Crippen LogP contribution is 2.52. The van der Waals surface area contributed by atoms with E-state index in [1.165, 1.54) is 38.9 Å². The zero-order valence-corrected chi connectivity index (χ0v) is 73.1. The third-order valence-electron chi connectivity index (χ3n) is 22.4. The Balaban J connectivity index is 0.000000128. The molecule has 0 bridgehead atoms. The number of carbonyl (C=O) groups is 8. The lowest BCUT2D eigenvalue weighted by molar-refractivity contribution is -0.118. The summed E-state index contributed by atoms with van der Waals surface area (Å²) in [7, 11) is 13.2. The highest BCUT2D eigenvalue weighted by atomic mass is 19.3. The number of pyridine rings is 4. The van der Waals surface area contributed by atoms with Gasteiger partial charge in [0.2, 0.25) is 23.6 Å². The fourth-order valence-electron chi connectivity index (χ4n) is 14.3. The summed E-state index contributed by atoms with van der Waals surface area (Å²) in [5, 5.41) is 41.4. The number of alkyl halides is 3. The predicted molar refractivity (Wildman–Crippen MR) is 478 cm³/mol. The normalized spacial score (nSPS) is 16.6. The number of hydrogen-bond donors (Lipinski definition) is 8. The molecule has 3 unspecified atom stereocenters. The van der Waals surface area contributed by atoms with Gasteiger partial charge in [0, 0.05) is 119 Å². The lowest BCUT2D eigenvalue weighted by Gasteiger charge is -2.17. The van der Waals surface area contributed by atoms with E-state index in [0.29, 0.717) is 126 Å². The van der Waals surface area contributed by atoms with E-state index in [9.17, 15) is 51.5 Å². The summed E-state index contributed by atoms with van der Waals surface area (Å²) in [4.78, 5) is 134. The molecule has 7 fully saturated rings. The highest BCUT2D eigenvalue weighted by molar-refractivity contribution is 6.09. The van der Waals surface area contributed by atoms with E-state index in [1.54, 1.807) is 129 Å². The molecule has 8 N–H and O–H groups in total. The van der Waals surface area contributed by atoms with Crippen LogP contribution in [0.2, 0.25) is 0 Å². The number of rotatable bonds is 32. The number of para-hydroxylation sites is 4. The Morgan fingerprint density at radius 3 is 0.947 bits per heavy atom. The van der Waals surface area contributed by atoms with Crippen molar-refractivity contribution in [1.29, 1.82) is 0 Å². The van der Waals surface area contributed by atoms with Crippen molar-refractivity contribution in [3.05, 3.63) is 169 Å². The van der Waals surface area contributed by atoms with E-state index < -0.39 is 36.1 Å². The maximum Gasteiger partial charge on any atom is 0.259 e. The number of nitrogens with zero attached hydrogens (tertiary/aromatic N) is 16. The van der Waals surface area contributed by atoms with Gasteiger partial charge in [0.05, 0.1) is 132 Å². The molecule has 0 saturated heterocycles. The van der Waals surface area contributed by atoms with E-state index in [0.717, 1.165) is 64.2 Å². The molecule has 676 valence electrons. The molecule has 8 aromatic heterocycles. The number of aromatic nitrogens is 16. The van der Waals surface area contributed by atoms with E-state index in [4.69, 9.17) is 20.3 Å². The number of benzene rings is 4. The fraction of sp³-hybridized carbons (Fsp3) is 0.348. The monoisotopic (exact) mass is 1790 g/mol. The van der Waals surface area contributed by atoms with Gasteiger partial charge in [0.1, 0.15) is 54.8 Å². The molecule has 0 spiro atoms. The topological polar surface area (TPSA) is 444 Å². The van der Waals surface area contributed by atoms with Crippen molar-refractivity contribution in [3.8, 4) is 68.5 Å². The van der Waals surface area contributed by atoms with E-state index in [2.05, 4.69) is 103 Å². The summed E-state index contributed by atoms with van der Waals surface area (Å²) in [5.74, 6) is -1.92. The molecule has 4 aromatic carbocycles. The molecule has 12 aromatic rings.